The number of nitrogens with zero attached hydrogens (tertiary/aromatic N) is 2. The summed E-state index contributed by atoms with van der Waals surface area (Å²) in [5.74, 6) is 0. The predicted octanol–water partition coefficient (Wildman–Crippen LogP) is 1.06. The van der Waals surface area contributed by atoms with Crippen LogP contribution in [0, 0.1) is 13.8 Å². The number of rotatable bonds is 4. The number of hydrogen-bond donors (Lipinski definition) is 1. The Kier molecular flexibility index (Phi) is 3.51. The molecule has 1 rings (SSSR count). The van der Waals surface area contributed by atoms with E-state index in [2.05, 4.69) is 10.2 Å². The monoisotopic (exact) mass is 231 g/mol. The Labute approximate surface area is 90.5 Å². The van der Waals surface area contributed by atoms with Crippen LogP contribution in [0.5, 0.6) is 0 Å². The molecule has 0 aliphatic heterocycles. The lowest BCUT2D eigenvalue weighted by molar-refractivity contribution is 0.467. The topological polar surface area (TPSA) is 66.1 Å². The fraction of sp³-hybridized carbons (Fsp3) is 0.667. The van der Waals surface area contributed by atoms with E-state index in [1.165, 1.54) is 4.31 Å². The molecule has 0 aromatic carbocycles. The van der Waals surface area contributed by atoms with Gasteiger partial charge >= 0.3 is 0 Å². The van der Waals surface area contributed by atoms with Crippen LogP contribution in [0.2, 0.25) is 0 Å². The lowest BCUT2D eigenvalue weighted by atomic mass is 10.4. The minimum atomic E-state index is -3.38. The molecule has 0 amide bonds. The van der Waals surface area contributed by atoms with Crippen LogP contribution < -0.4 is 0 Å². The molecule has 6 heteroatoms. The number of aryl methyl sites for hydroxylation is 2. The minimum absolute atomic E-state index is 0.304. The van der Waals surface area contributed by atoms with Crippen LogP contribution in [-0.4, -0.2) is 36.5 Å². The fourth-order valence-corrected chi connectivity index (χ4v) is 3.10. The van der Waals surface area contributed by atoms with E-state index in [1.54, 1.807) is 20.9 Å². The third-order valence-corrected chi connectivity index (χ3v) is 4.39. The average Bonchev–Trinajstić information content (AvgIpc) is 2.46. The molecule has 0 unspecified atom stereocenters. The first kappa shape index (κ1) is 12.2. The van der Waals surface area contributed by atoms with Gasteiger partial charge in [-0.15, -0.1) is 0 Å². The number of nitrogens with one attached hydrogen (secondary N) is 1. The Morgan fingerprint density at radius 1 is 1.40 bits per heavy atom. The lowest BCUT2D eigenvalue weighted by Gasteiger charge is -2.16. The fourth-order valence-electron chi connectivity index (χ4n) is 1.51. The van der Waals surface area contributed by atoms with Crippen molar-refractivity contribution in [2.75, 3.05) is 13.6 Å². The van der Waals surface area contributed by atoms with Crippen molar-refractivity contribution < 1.29 is 8.42 Å². The summed E-state index contributed by atoms with van der Waals surface area (Å²) < 4.78 is 25.5. The number of aromatic nitrogens is 2. The molecule has 0 fully saturated rings. The smallest absolute Gasteiger partial charge is 0.246 e. The Morgan fingerprint density at radius 2 is 2.00 bits per heavy atom. The molecule has 5 nitrogen and oxygen atoms in total. The summed E-state index contributed by atoms with van der Waals surface area (Å²) in [6, 6.07) is 0. The van der Waals surface area contributed by atoms with Crippen molar-refractivity contribution in [2.45, 2.75) is 32.1 Å². The average molecular weight is 231 g/mol. The molecule has 0 aliphatic carbocycles. The van der Waals surface area contributed by atoms with Gasteiger partial charge in [-0.25, -0.2) is 12.7 Å². The van der Waals surface area contributed by atoms with Crippen LogP contribution >= 0.6 is 0 Å². The van der Waals surface area contributed by atoms with Gasteiger partial charge in [0.15, 0.2) is 0 Å². The molecule has 0 bridgehead atoms. The molecule has 0 spiro atoms. The Bertz CT molecular complexity index is 417. The molecule has 1 aromatic rings. The maximum Gasteiger partial charge on any atom is 0.246 e. The molecule has 1 heterocycles. The summed E-state index contributed by atoms with van der Waals surface area (Å²) in [6.07, 6.45) is 0.797. The van der Waals surface area contributed by atoms with E-state index in [-0.39, 0.29) is 0 Å². The van der Waals surface area contributed by atoms with Crippen molar-refractivity contribution >= 4 is 10.0 Å². The van der Waals surface area contributed by atoms with Gasteiger partial charge in [0.05, 0.1) is 11.4 Å². The van der Waals surface area contributed by atoms with Crippen LogP contribution in [0.3, 0.4) is 0 Å². The molecular formula is C9H17N3O2S. The summed E-state index contributed by atoms with van der Waals surface area (Å²) in [6.45, 7) is 5.87. The van der Waals surface area contributed by atoms with E-state index in [1.807, 2.05) is 6.92 Å². The maximum absolute atomic E-state index is 12.1. The molecule has 0 saturated carbocycles. The number of hydrogen-bond acceptors (Lipinski definition) is 3. The van der Waals surface area contributed by atoms with E-state index in [9.17, 15) is 8.42 Å². The standard InChI is InChI=1S/C9H17N3O2S/c1-5-6-12(4)15(13,14)9-7(2)10-11-8(9)3/h5-6H2,1-4H3,(H,10,11). The predicted molar refractivity (Wildman–Crippen MR) is 58.2 cm³/mol. The van der Waals surface area contributed by atoms with Gasteiger partial charge in [0.25, 0.3) is 0 Å². The van der Waals surface area contributed by atoms with Crippen molar-refractivity contribution in [3.8, 4) is 0 Å². The summed E-state index contributed by atoms with van der Waals surface area (Å²) in [4.78, 5) is 0.304. The first-order chi connectivity index (χ1) is 6.91. The van der Waals surface area contributed by atoms with Crippen molar-refractivity contribution in [2.24, 2.45) is 0 Å². The molecule has 0 radical (unpaired) electrons. The Morgan fingerprint density at radius 3 is 2.40 bits per heavy atom. The van der Waals surface area contributed by atoms with Crippen molar-refractivity contribution in [1.29, 1.82) is 0 Å². The zero-order valence-corrected chi connectivity index (χ0v) is 10.3. The highest BCUT2D eigenvalue weighted by Crippen LogP contribution is 2.20. The SMILES string of the molecule is CCCN(C)S(=O)(=O)c1c(C)n[nH]c1C. The minimum Gasteiger partial charge on any atom is -0.281 e. The number of aromatic amines is 1. The number of H-pyrrole nitrogens is 1. The second kappa shape index (κ2) is 4.32. The summed E-state index contributed by atoms with van der Waals surface area (Å²) in [5, 5.41) is 6.58. The van der Waals surface area contributed by atoms with Crippen LogP contribution in [-0.2, 0) is 10.0 Å². The molecule has 1 N–H and O–H groups in total. The third kappa shape index (κ3) is 2.21. The Balaban J connectivity index is 3.17. The molecule has 0 aliphatic rings. The first-order valence-electron chi connectivity index (χ1n) is 4.89. The van der Waals surface area contributed by atoms with Gasteiger partial charge in [0.2, 0.25) is 10.0 Å². The first-order valence-corrected chi connectivity index (χ1v) is 6.33. The van der Waals surface area contributed by atoms with E-state index in [4.69, 9.17) is 0 Å². The molecule has 0 atom stereocenters. The Hall–Kier alpha value is -0.880. The van der Waals surface area contributed by atoms with Gasteiger partial charge in [-0.3, -0.25) is 5.10 Å². The van der Waals surface area contributed by atoms with Crippen LogP contribution in [0.15, 0.2) is 4.90 Å². The normalized spacial score (nSPS) is 12.3. The second-order valence-electron chi connectivity index (χ2n) is 3.59. The van der Waals surface area contributed by atoms with Crippen LogP contribution in [0.4, 0.5) is 0 Å². The zero-order valence-electron chi connectivity index (χ0n) is 9.53. The van der Waals surface area contributed by atoms with Gasteiger partial charge in [-0.1, -0.05) is 6.92 Å². The van der Waals surface area contributed by atoms with Gasteiger partial charge in [0, 0.05) is 13.6 Å². The molecule has 1 aromatic heterocycles. The lowest BCUT2D eigenvalue weighted by Crippen LogP contribution is -2.28. The van der Waals surface area contributed by atoms with Crippen LogP contribution in [0.25, 0.3) is 0 Å². The van der Waals surface area contributed by atoms with Crippen molar-refractivity contribution in [3.63, 3.8) is 0 Å². The molecular weight excluding hydrogens is 214 g/mol. The van der Waals surface area contributed by atoms with E-state index in [0.29, 0.717) is 22.8 Å². The van der Waals surface area contributed by atoms with Crippen LogP contribution in [0.1, 0.15) is 24.7 Å². The quantitative estimate of drug-likeness (QED) is 0.842. The van der Waals surface area contributed by atoms with E-state index < -0.39 is 10.0 Å². The van der Waals surface area contributed by atoms with Gasteiger partial charge in [0.1, 0.15) is 4.90 Å². The molecule has 86 valence electrons. The molecule has 0 saturated heterocycles. The highest BCUT2D eigenvalue weighted by Gasteiger charge is 2.26. The van der Waals surface area contributed by atoms with Gasteiger partial charge in [-0.05, 0) is 20.3 Å². The van der Waals surface area contributed by atoms with Gasteiger partial charge < -0.3 is 0 Å². The second-order valence-corrected chi connectivity index (χ2v) is 5.57. The van der Waals surface area contributed by atoms with Gasteiger partial charge in [-0.2, -0.15) is 5.10 Å². The summed E-state index contributed by atoms with van der Waals surface area (Å²) >= 11 is 0. The van der Waals surface area contributed by atoms with Crippen molar-refractivity contribution in [3.05, 3.63) is 11.4 Å². The number of sulfonamides is 1. The maximum atomic E-state index is 12.1. The van der Waals surface area contributed by atoms with E-state index in [0.717, 1.165) is 6.42 Å². The largest absolute Gasteiger partial charge is 0.281 e. The zero-order chi connectivity index (χ0) is 11.6. The highest BCUT2D eigenvalue weighted by atomic mass is 32.2. The highest BCUT2D eigenvalue weighted by molar-refractivity contribution is 7.89. The third-order valence-electron chi connectivity index (χ3n) is 2.27. The van der Waals surface area contributed by atoms with Crippen molar-refractivity contribution in [1.82, 2.24) is 14.5 Å². The molecule has 15 heavy (non-hydrogen) atoms. The summed E-state index contributed by atoms with van der Waals surface area (Å²) in [7, 11) is -1.79. The summed E-state index contributed by atoms with van der Waals surface area (Å²) in [5.41, 5.74) is 1.12. The van der Waals surface area contributed by atoms with E-state index >= 15 is 0 Å².